The monoisotopic (exact) mass is 653 g/mol. The number of ether oxygens (including phenoxy) is 4. The van der Waals surface area contributed by atoms with Crippen LogP contribution in [0.3, 0.4) is 0 Å². The Morgan fingerprint density at radius 3 is 2.33 bits per heavy atom. The van der Waals surface area contributed by atoms with E-state index in [2.05, 4.69) is 15.2 Å². The highest BCUT2D eigenvalue weighted by Gasteiger charge is 2.52. The van der Waals surface area contributed by atoms with Gasteiger partial charge < -0.3 is 29.2 Å². The Morgan fingerprint density at radius 2 is 1.73 bits per heavy atom. The van der Waals surface area contributed by atoms with Crippen molar-refractivity contribution in [3.63, 3.8) is 0 Å². The van der Waals surface area contributed by atoms with Crippen LogP contribution in [0, 0.1) is 0 Å². The average Bonchev–Trinajstić information content (AvgIpc) is 3.48. The van der Waals surface area contributed by atoms with E-state index in [1.165, 1.54) is 49.6 Å². The van der Waals surface area contributed by atoms with Crippen LogP contribution >= 0.6 is 7.75 Å². The van der Waals surface area contributed by atoms with Crippen molar-refractivity contribution in [2.24, 2.45) is 0 Å². The lowest BCUT2D eigenvalue weighted by molar-refractivity contribution is -0.208. The topological polar surface area (TPSA) is 192 Å². The highest BCUT2D eigenvalue weighted by molar-refractivity contribution is 7.52. The number of carbonyl (C=O) groups is 3. The molecule has 5 atom stereocenters. The lowest BCUT2D eigenvalue weighted by Gasteiger charge is -2.40. The van der Waals surface area contributed by atoms with Gasteiger partial charge in [-0.15, -0.1) is 0 Å². The summed E-state index contributed by atoms with van der Waals surface area (Å²) in [6.07, 6.45) is -2.36. The fourth-order valence-electron chi connectivity index (χ4n) is 4.16. The first kappa shape index (κ1) is 35.4. The number of hydrogen-bond donors (Lipinski definition) is 2. The van der Waals surface area contributed by atoms with Gasteiger partial charge in [-0.05, 0) is 31.2 Å². The van der Waals surface area contributed by atoms with Crippen molar-refractivity contribution in [1.82, 2.24) is 19.7 Å². The van der Waals surface area contributed by atoms with Crippen molar-refractivity contribution in [2.45, 2.75) is 57.5 Å². The number of esters is 3. The molecule has 0 fully saturated rings. The van der Waals surface area contributed by atoms with Gasteiger partial charge >= 0.3 is 25.7 Å². The van der Waals surface area contributed by atoms with Crippen molar-refractivity contribution in [1.29, 1.82) is 0 Å². The summed E-state index contributed by atoms with van der Waals surface area (Å²) in [7, 11) is -2.28. The number of nitrogen functional groups attached to an aromatic ring is 1. The Balaban J connectivity index is 2.13. The van der Waals surface area contributed by atoms with Gasteiger partial charge in [0.1, 0.15) is 30.3 Å². The molecule has 45 heavy (non-hydrogen) atoms. The first-order valence-corrected chi connectivity index (χ1v) is 15.4. The van der Waals surface area contributed by atoms with E-state index in [1.54, 1.807) is 18.2 Å². The number of carbonyl (C=O) groups excluding carboxylic acids is 3. The highest BCUT2D eigenvalue weighted by atomic mass is 31.2. The normalized spacial score (nSPS) is 16.0. The first-order valence-electron chi connectivity index (χ1n) is 13.9. The van der Waals surface area contributed by atoms with E-state index in [0.717, 1.165) is 20.5 Å². The molecule has 0 amide bonds. The Morgan fingerprint density at radius 1 is 1.07 bits per heavy atom. The Hall–Kier alpha value is -4.11. The van der Waals surface area contributed by atoms with Crippen LogP contribution in [0.15, 0.2) is 48.8 Å². The zero-order chi connectivity index (χ0) is 33.2. The van der Waals surface area contributed by atoms with Crippen LogP contribution in [0.1, 0.15) is 45.4 Å². The van der Waals surface area contributed by atoms with Gasteiger partial charge in [0.25, 0.3) is 0 Å². The molecular weight excluding hydrogens is 616 g/mol. The van der Waals surface area contributed by atoms with Crippen molar-refractivity contribution in [3.8, 4) is 5.75 Å². The molecule has 1 aromatic carbocycles. The predicted molar refractivity (Wildman–Crippen MR) is 158 cm³/mol. The summed E-state index contributed by atoms with van der Waals surface area (Å²) in [5, 5.41) is 6.63. The second-order valence-corrected chi connectivity index (χ2v) is 11.4. The Bertz CT molecular complexity index is 1500. The number of alkyl halides is 1. The van der Waals surface area contributed by atoms with Gasteiger partial charge in [0, 0.05) is 20.0 Å². The second kappa shape index (κ2) is 15.8. The molecule has 1 unspecified atom stereocenters. The molecular formula is C28H37FN5O10P. The largest absolute Gasteiger partial charge is 0.468 e. The van der Waals surface area contributed by atoms with Gasteiger partial charge in [-0.1, -0.05) is 32.0 Å². The standard InChI is InChI=1S/C28H37FN5O10P/c1-6-22(35)42-24(20-13-14-21-26(30)31-17-32-34(20)21)25(43-23(36)7-2)28(15-29,40-5)16-41-45(38,33-18(3)27(37)39-4)44-19-11-9-8-10-12-19/h8-14,17-18,24-25H,6-7,15-16H2,1-5H3,(H,33,38)(H2,30,31,32)/t18-,24-,25-,28+,45?/m0/s1. The van der Waals surface area contributed by atoms with E-state index in [0.29, 0.717) is 5.52 Å². The maximum Gasteiger partial charge on any atom is 0.459 e. The number of nitrogens with two attached hydrogens (primary N) is 1. The molecule has 15 nitrogen and oxygen atoms in total. The quantitative estimate of drug-likeness (QED) is 0.122. The van der Waals surface area contributed by atoms with Crippen LogP contribution in [0.25, 0.3) is 5.52 Å². The van der Waals surface area contributed by atoms with E-state index in [4.69, 9.17) is 33.7 Å². The minimum absolute atomic E-state index is 0.0903. The molecule has 0 radical (unpaired) electrons. The maximum atomic E-state index is 15.4. The third-order valence-corrected chi connectivity index (χ3v) is 8.30. The highest BCUT2D eigenvalue weighted by Crippen LogP contribution is 2.47. The molecule has 3 aromatic rings. The predicted octanol–water partition coefficient (Wildman–Crippen LogP) is 3.34. The molecule has 3 N–H and O–H groups in total. The Kier molecular flexibility index (Phi) is 12.4. The number of fused-ring (bicyclic) bond motifs is 1. The zero-order valence-corrected chi connectivity index (χ0v) is 26.4. The van der Waals surface area contributed by atoms with E-state index >= 15 is 4.39 Å². The van der Waals surface area contributed by atoms with E-state index in [9.17, 15) is 18.9 Å². The molecule has 0 aliphatic rings. The van der Waals surface area contributed by atoms with Gasteiger partial charge in [0.05, 0.1) is 19.4 Å². The number of para-hydroxylation sites is 1. The first-order chi connectivity index (χ1) is 21.5. The smallest absolute Gasteiger partial charge is 0.459 e. The summed E-state index contributed by atoms with van der Waals surface area (Å²) < 4.78 is 63.8. The fourth-order valence-corrected chi connectivity index (χ4v) is 5.71. The summed E-state index contributed by atoms with van der Waals surface area (Å²) in [6.45, 7) is 2.10. The summed E-state index contributed by atoms with van der Waals surface area (Å²) in [5.74, 6) is -2.14. The molecule has 0 aliphatic heterocycles. The number of nitrogens with one attached hydrogen (secondary N) is 1. The number of aromatic nitrogens is 3. The molecule has 2 heterocycles. The third kappa shape index (κ3) is 8.54. The van der Waals surface area contributed by atoms with E-state index in [1.807, 2.05) is 0 Å². The Labute approximate surface area is 259 Å². The molecule has 0 spiro atoms. The molecule has 0 saturated heterocycles. The molecule has 2 aromatic heterocycles. The van der Waals surface area contributed by atoms with Crippen LogP contribution in [-0.4, -0.2) is 77.8 Å². The lowest BCUT2D eigenvalue weighted by atomic mass is 9.92. The minimum Gasteiger partial charge on any atom is -0.468 e. The number of benzene rings is 1. The van der Waals surface area contributed by atoms with Gasteiger partial charge in [-0.2, -0.15) is 10.2 Å². The van der Waals surface area contributed by atoms with Crippen LogP contribution in [-0.2, 0) is 42.4 Å². The number of anilines is 1. The zero-order valence-electron chi connectivity index (χ0n) is 25.5. The fraction of sp³-hybridized carbons (Fsp3) is 0.464. The van der Waals surface area contributed by atoms with Gasteiger partial charge in [-0.25, -0.2) is 18.5 Å². The summed E-state index contributed by atoms with van der Waals surface area (Å²) in [5.41, 5.74) is 4.18. The van der Waals surface area contributed by atoms with Gasteiger partial charge in [0.15, 0.2) is 23.6 Å². The lowest BCUT2D eigenvalue weighted by Crippen LogP contribution is -2.55. The van der Waals surface area contributed by atoms with Gasteiger partial charge in [0.2, 0.25) is 0 Å². The molecule has 17 heteroatoms. The van der Waals surface area contributed by atoms with Gasteiger partial charge in [-0.3, -0.25) is 18.9 Å². The average molecular weight is 654 g/mol. The number of halogens is 1. The number of nitrogens with zero attached hydrogens (tertiary/aromatic N) is 3. The molecule has 0 bridgehead atoms. The van der Waals surface area contributed by atoms with Crippen LogP contribution in [0.5, 0.6) is 5.75 Å². The van der Waals surface area contributed by atoms with Crippen molar-refractivity contribution < 1.29 is 51.3 Å². The molecule has 3 rings (SSSR count). The number of methoxy groups -OCH3 is 2. The van der Waals surface area contributed by atoms with E-state index in [-0.39, 0.29) is 30.1 Å². The number of rotatable bonds is 17. The third-order valence-electron chi connectivity index (χ3n) is 6.68. The molecule has 0 aliphatic carbocycles. The maximum absolute atomic E-state index is 15.4. The summed E-state index contributed by atoms with van der Waals surface area (Å²) in [4.78, 5) is 41.6. The second-order valence-electron chi connectivity index (χ2n) is 9.68. The van der Waals surface area contributed by atoms with Crippen LogP contribution in [0.2, 0.25) is 0 Å². The molecule has 246 valence electrons. The SMILES string of the molecule is CCC(=O)O[C@@H](c1ccc2c(N)ncnn12)[C@H](OC(=O)CC)[C@@](CF)(COP(=O)(N[C@@H](C)C(=O)OC)Oc1ccccc1)OC. The summed E-state index contributed by atoms with van der Waals surface area (Å²) >= 11 is 0. The van der Waals surface area contributed by atoms with Crippen LogP contribution < -0.4 is 15.3 Å². The van der Waals surface area contributed by atoms with E-state index < -0.39 is 62.8 Å². The molecule has 0 saturated carbocycles. The van der Waals surface area contributed by atoms with Crippen molar-refractivity contribution in [2.75, 3.05) is 33.2 Å². The van der Waals surface area contributed by atoms with Crippen molar-refractivity contribution >= 4 is 37.0 Å². The minimum atomic E-state index is -4.53. The van der Waals surface area contributed by atoms with Crippen LogP contribution in [0.4, 0.5) is 10.2 Å². The number of hydrogen-bond acceptors (Lipinski definition) is 13. The van der Waals surface area contributed by atoms with Crippen molar-refractivity contribution in [3.05, 3.63) is 54.5 Å². The summed E-state index contributed by atoms with van der Waals surface area (Å²) in [6, 6.07) is 9.70.